The van der Waals surface area contributed by atoms with Crippen LogP contribution in [0.15, 0.2) is 48.5 Å². The minimum atomic E-state index is -0.206. The molecule has 2 aromatic rings. The number of aryl methyl sites for hydroxylation is 1. The number of benzene rings is 2. The zero-order valence-electron chi connectivity index (χ0n) is 16.5. The van der Waals surface area contributed by atoms with Crippen LogP contribution in [0, 0.1) is 6.92 Å². The predicted octanol–water partition coefficient (Wildman–Crippen LogP) is 2.80. The van der Waals surface area contributed by atoms with Crippen molar-refractivity contribution >= 4 is 17.5 Å². The van der Waals surface area contributed by atoms with Gasteiger partial charge in [-0.3, -0.25) is 9.59 Å². The van der Waals surface area contributed by atoms with Crippen LogP contribution in [0.3, 0.4) is 0 Å². The second-order valence-electron chi connectivity index (χ2n) is 6.96. The molecule has 0 aliphatic rings. The Bertz CT molecular complexity index is 756. The summed E-state index contributed by atoms with van der Waals surface area (Å²) >= 11 is 0. The molecule has 28 heavy (non-hydrogen) atoms. The summed E-state index contributed by atoms with van der Waals surface area (Å²) in [5.74, 6) is 0.447. The first-order valence-electron chi connectivity index (χ1n) is 9.53. The molecule has 0 spiro atoms. The standard InChI is InChI=1S/C22H29N3O3/c1-16-3-8-19(9-4-16)25-22(27)15-28-20-10-6-18(7-11-20)13-14-24-21(26)12-5-17(2)23/h3-4,6-11,17H,5,12-15,23H2,1-2H3,(H,24,26)(H,25,27). The normalized spacial score (nSPS) is 11.5. The van der Waals surface area contributed by atoms with Crippen LogP contribution < -0.4 is 21.1 Å². The zero-order chi connectivity index (χ0) is 20.4. The number of hydrogen-bond acceptors (Lipinski definition) is 4. The number of nitrogens with one attached hydrogen (secondary N) is 2. The molecule has 1 atom stereocenters. The fraction of sp³-hybridized carbons (Fsp3) is 0.364. The molecule has 0 fully saturated rings. The van der Waals surface area contributed by atoms with Gasteiger partial charge >= 0.3 is 0 Å². The largest absolute Gasteiger partial charge is 0.484 e. The van der Waals surface area contributed by atoms with E-state index < -0.39 is 0 Å². The predicted molar refractivity (Wildman–Crippen MR) is 111 cm³/mol. The van der Waals surface area contributed by atoms with Gasteiger partial charge in [-0.15, -0.1) is 0 Å². The second kappa shape index (κ2) is 11.1. The van der Waals surface area contributed by atoms with Crippen molar-refractivity contribution in [3.63, 3.8) is 0 Å². The number of ether oxygens (including phenoxy) is 1. The number of anilines is 1. The molecule has 0 saturated heterocycles. The first-order chi connectivity index (χ1) is 13.4. The maximum Gasteiger partial charge on any atom is 0.262 e. The van der Waals surface area contributed by atoms with Gasteiger partial charge in [0.05, 0.1) is 0 Å². The molecular weight excluding hydrogens is 354 g/mol. The monoisotopic (exact) mass is 383 g/mol. The third-order valence-electron chi connectivity index (χ3n) is 4.19. The van der Waals surface area contributed by atoms with Crippen LogP contribution in [-0.2, 0) is 16.0 Å². The van der Waals surface area contributed by atoms with Crippen molar-refractivity contribution < 1.29 is 14.3 Å². The maximum atomic E-state index is 12.0. The Hall–Kier alpha value is -2.86. The second-order valence-corrected chi connectivity index (χ2v) is 6.96. The van der Waals surface area contributed by atoms with Crippen LogP contribution in [0.25, 0.3) is 0 Å². The minimum absolute atomic E-state index is 0.0249. The molecule has 4 N–H and O–H groups in total. The number of carbonyl (C=O) groups is 2. The number of nitrogens with two attached hydrogens (primary N) is 1. The highest BCUT2D eigenvalue weighted by Crippen LogP contribution is 2.13. The van der Waals surface area contributed by atoms with E-state index in [0.29, 0.717) is 25.1 Å². The number of carbonyl (C=O) groups excluding carboxylic acids is 2. The Morgan fingerprint density at radius 1 is 1.04 bits per heavy atom. The van der Waals surface area contributed by atoms with Crippen LogP contribution in [0.2, 0.25) is 0 Å². The van der Waals surface area contributed by atoms with Crippen molar-refractivity contribution in [2.45, 2.75) is 39.2 Å². The molecule has 2 rings (SSSR count). The van der Waals surface area contributed by atoms with Crippen LogP contribution >= 0.6 is 0 Å². The molecule has 0 aliphatic heterocycles. The highest BCUT2D eigenvalue weighted by atomic mass is 16.5. The fourth-order valence-electron chi connectivity index (χ4n) is 2.53. The van der Waals surface area contributed by atoms with Gasteiger partial charge in [0.15, 0.2) is 6.61 Å². The van der Waals surface area contributed by atoms with Gasteiger partial charge in [-0.2, -0.15) is 0 Å². The van der Waals surface area contributed by atoms with E-state index in [1.165, 1.54) is 0 Å². The lowest BCUT2D eigenvalue weighted by Gasteiger charge is -2.09. The highest BCUT2D eigenvalue weighted by molar-refractivity contribution is 5.91. The summed E-state index contributed by atoms with van der Waals surface area (Å²) in [4.78, 5) is 23.6. The Morgan fingerprint density at radius 2 is 1.71 bits per heavy atom. The van der Waals surface area contributed by atoms with Crippen molar-refractivity contribution in [3.05, 3.63) is 59.7 Å². The molecule has 0 bridgehead atoms. The summed E-state index contributed by atoms with van der Waals surface area (Å²) < 4.78 is 5.52. The van der Waals surface area contributed by atoms with Gasteiger partial charge in [0, 0.05) is 24.7 Å². The van der Waals surface area contributed by atoms with Crippen molar-refractivity contribution in [2.75, 3.05) is 18.5 Å². The molecule has 0 heterocycles. The Balaban J connectivity index is 1.68. The Morgan fingerprint density at radius 3 is 2.36 bits per heavy atom. The third-order valence-corrected chi connectivity index (χ3v) is 4.19. The molecule has 2 aromatic carbocycles. The van der Waals surface area contributed by atoms with Gasteiger partial charge < -0.3 is 21.1 Å². The lowest BCUT2D eigenvalue weighted by atomic mass is 10.1. The van der Waals surface area contributed by atoms with E-state index >= 15 is 0 Å². The fourth-order valence-corrected chi connectivity index (χ4v) is 2.53. The summed E-state index contributed by atoms with van der Waals surface area (Å²) in [7, 11) is 0. The molecule has 2 amide bonds. The third kappa shape index (κ3) is 8.22. The van der Waals surface area contributed by atoms with Crippen LogP contribution in [0.4, 0.5) is 5.69 Å². The number of rotatable bonds is 10. The van der Waals surface area contributed by atoms with E-state index in [-0.39, 0.29) is 24.5 Å². The molecule has 0 aliphatic carbocycles. The zero-order valence-corrected chi connectivity index (χ0v) is 16.5. The van der Waals surface area contributed by atoms with Gasteiger partial charge in [-0.25, -0.2) is 0 Å². The summed E-state index contributed by atoms with van der Waals surface area (Å²) in [5.41, 5.74) is 8.62. The molecule has 6 heteroatoms. The summed E-state index contributed by atoms with van der Waals surface area (Å²) in [6.07, 6.45) is 1.88. The highest BCUT2D eigenvalue weighted by Gasteiger charge is 2.05. The summed E-state index contributed by atoms with van der Waals surface area (Å²) in [5, 5.41) is 5.68. The average molecular weight is 383 g/mol. The topological polar surface area (TPSA) is 93.5 Å². The lowest BCUT2D eigenvalue weighted by molar-refractivity contribution is -0.121. The first kappa shape index (κ1) is 21.4. The van der Waals surface area contributed by atoms with Crippen LogP contribution in [0.1, 0.15) is 30.9 Å². The van der Waals surface area contributed by atoms with Crippen molar-refractivity contribution in [1.29, 1.82) is 0 Å². The molecule has 0 radical (unpaired) electrons. The van der Waals surface area contributed by atoms with E-state index in [1.54, 1.807) is 0 Å². The molecule has 0 saturated carbocycles. The van der Waals surface area contributed by atoms with E-state index in [2.05, 4.69) is 10.6 Å². The lowest BCUT2D eigenvalue weighted by Crippen LogP contribution is -2.27. The molecule has 0 aromatic heterocycles. The molecular formula is C22H29N3O3. The summed E-state index contributed by atoms with van der Waals surface area (Å²) in [6, 6.07) is 15.2. The number of amides is 2. The Labute approximate surface area is 166 Å². The Kier molecular flexibility index (Phi) is 8.49. The van der Waals surface area contributed by atoms with E-state index in [9.17, 15) is 9.59 Å². The first-order valence-corrected chi connectivity index (χ1v) is 9.53. The van der Waals surface area contributed by atoms with Crippen molar-refractivity contribution in [3.8, 4) is 5.75 Å². The van der Waals surface area contributed by atoms with E-state index in [0.717, 1.165) is 23.2 Å². The van der Waals surface area contributed by atoms with Crippen LogP contribution in [0.5, 0.6) is 5.75 Å². The van der Waals surface area contributed by atoms with Crippen LogP contribution in [-0.4, -0.2) is 31.0 Å². The van der Waals surface area contributed by atoms with Gasteiger partial charge in [0.1, 0.15) is 5.75 Å². The maximum absolute atomic E-state index is 12.0. The van der Waals surface area contributed by atoms with Gasteiger partial charge in [0.2, 0.25) is 5.91 Å². The van der Waals surface area contributed by atoms with E-state index in [1.807, 2.05) is 62.4 Å². The SMILES string of the molecule is Cc1ccc(NC(=O)COc2ccc(CCNC(=O)CCC(C)N)cc2)cc1. The van der Waals surface area contributed by atoms with Gasteiger partial charge in [-0.05, 0) is 56.5 Å². The molecule has 6 nitrogen and oxygen atoms in total. The molecule has 1 unspecified atom stereocenters. The average Bonchev–Trinajstić information content (AvgIpc) is 2.67. The van der Waals surface area contributed by atoms with Gasteiger partial charge in [-0.1, -0.05) is 29.8 Å². The smallest absolute Gasteiger partial charge is 0.262 e. The summed E-state index contributed by atoms with van der Waals surface area (Å²) in [6.45, 7) is 4.41. The molecule has 150 valence electrons. The van der Waals surface area contributed by atoms with Gasteiger partial charge in [0.25, 0.3) is 5.91 Å². The minimum Gasteiger partial charge on any atom is -0.484 e. The number of hydrogen-bond donors (Lipinski definition) is 3. The van der Waals surface area contributed by atoms with E-state index in [4.69, 9.17) is 10.5 Å². The van der Waals surface area contributed by atoms with Crippen molar-refractivity contribution in [2.24, 2.45) is 5.73 Å². The van der Waals surface area contributed by atoms with Crippen molar-refractivity contribution in [1.82, 2.24) is 5.32 Å². The quantitative estimate of drug-likeness (QED) is 0.588.